The monoisotopic (exact) mass is 279 g/mol. The van der Waals surface area contributed by atoms with Gasteiger partial charge in [-0.05, 0) is 38.0 Å². The van der Waals surface area contributed by atoms with Crippen molar-refractivity contribution in [1.29, 1.82) is 0 Å². The number of hydrogen-bond donors (Lipinski definition) is 2. The van der Waals surface area contributed by atoms with Gasteiger partial charge < -0.3 is 15.1 Å². The quantitative estimate of drug-likeness (QED) is 0.736. The van der Waals surface area contributed by atoms with E-state index >= 15 is 0 Å². The third-order valence-electron chi connectivity index (χ3n) is 5.02. The molecule has 5 nitrogen and oxygen atoms in total. The number of carboxylic acid groups (broad SMARTS) is 1. The molecule has 2 N–H and O–H groups in total. The zero-order valence-electron chi connectivity index (χ0n) is 11.7. The van der Waals surface area contributed by atoms with Gasteiger partial charge in [-0.2, -0.15) is 0 Å². The standard InChI is InChI=1S/C15H21NO4/c1-15(20)5-2-6-16(8-15)13(17)11-9-3-4-10(7-9)12(11)14(18)19/h3-4,9-12,20H,2,5-8H2,1H3,(H,18,19)/t9?,10?,11-,12+,15?/m0/s1. The second-order valence-electron chi connectivity index (χ2n) is 6.70. The van der Waals surface area contributed by atoms with E-state index in [9.17, 15) is 19.8 Å². The van der Waals surface area contributed by atoms with Crippen molar-refractivity contribution in [1.82, 2.24) is 4.90 Å². The van der Waals surface area contributed by atoms with E-state index in [1.165, 1.54) is 0 Å². The largest absolute Gasteiger partial charge is 0.481 e. The number of carboxylic acids is 1. The lowest BCUT2D eigenvalue weighted by Crippen LogP contribution is -2.52. The SMILES string of the molecule is CC1(O)CCCN(C(=O)[C@H]2C3C=CC(C3)[C@H]2C(=O)O)C1. The van der Waals surface area contributed by atoms with Gasteiger partial charge in [0.25, 0.3) is 0 Å². The van der Waals surface area contributed by atoms with Crippen molar-refractivity contribution in [3.05, 3.63) is 12.2 Å². The molecule has 0 aromatic rings. The molecule has 3 aliphatic rings. The fourth-order valence-corrected chi connectivity index (χ4v) is 4.11. The Morgan fingerprint density at radius 2 is 1.90 bits per heavy atom. The van der Waals surface area contributed by atoms with Crippen LogP contribution in [0.3, 0.4) is 0 Å². The highest BCUT2D eigenvalue weighted by Gasteiger charge is 2.53. The molecule has 0 aromatic carbocycles. The van der Waals surface area contributed by atoms with Crippen LogP contribution in [0.2, 0.25) is 0 Å². The van der Waals surface area contributed by atoms with Gasteiger partial charge in [0.05, 0.1) is 17.4 Å². The molecule has 0 aromatic heterocycles. The summed E-state index contributed by atoms with van der Waals surface area (Å²) in [6.45, 7) is 2.68. The van der Waals surface area contributed by atoms with Gasteiger partial charge in [-0.25, -0.2) is 0 Å². The summed E-state index contributed by atoms with van der Waals surface area (Å²) in [6, 6.07) is 0. The molecular formula is C15H21NO4. The van der Waals surface area contributed by atoms with E-state index in [1.54, 1.807) is 11.8 Å². The molecule has 5 atom stereocenters. The van der Waals surface area contributed by atoms with E-state index in [0.717, 1.165) is 12.8 Å². The van der Waals surface area contributed by atoms with Crippen LogP contribution in [0, 0.1) is 23.7 Å². The molecule has 2 bridgehead atoms. The minimum atomic E-state index is -0.871. The number of aliphatic carboxylic acids is 1. The van der Waals surface area contributed by atoms with E-state index in [0.29, 0.717) is 19.5 Å². The van der Waals surface area contributed by atoms with Gasteiger partial charge in [-0.1, -0.05) is 12.2 Å². The molecule has 20 heavy (non-hydrogen) atoms. The van der Waals surface area contributed by atoms with Crippen LogP contribution in [0.25, 0.3) is 0 Å². The molecule has 1 aliphatic heterocycles. The second kappa shape index (κ2) is 4.58. The first kappa shape index (κ1) is 13.6. The minimum Gasteiger partial charge on any atom is -0.481 e. The number of β-amino-alcohol motifs (C(OH)–C–C–N with tert-alkyl or cyclic N) is 1. The van der Waals surface area contributed by atoms with Gasteiger partial charge in [0.2, 0.25) is 5.91 Å². The minimum absolute atomic E-state index is 0.00301. The Bertz CT molecular complexity index is 470. The van der Waals surface area contributed by atoms with Crippen molar-refractivity contribution in [2.75, 3.05) is 13.1 Å². The first-order valence-corrected chi connectivity index (χ1v) is 7.31. The third-order valence-corrected chi connectivity index (χ3v) is 5.02. The number of carbonyl (C=O) groups excluding carboxylic acids is 1. The molecule has 1 saturated heterocycles. The molecule has 3 rings (SSSR count). The number of likely N-dealkylation sites (tertiary alicyclic amines) is 1. The highest BCUT2D eigenvalue weighted by atomic mass is 16.4. The fourth-order valence-electron chi connectivity index (χ4n) is 4.11. The predicted molar refractivity (Wildman–Crippen MR) is 71.8 cm³/mol. The van der Waals surface area contributed by atoms with E-state index in [-0.39, 0.29) is 17.7 Å². The summed E-state index contributed by atoms with van der Waals surface area (Å²) in [7, 11) is 0. The van der Waals surface area contributed by atoms with Crippen molar-refractivity contribution >= 4 is 11.9 Å². The summed E-state index contributed by atoms with van der Waals surface area (Å²) >= 11 is 0. The summed E-state index contributed by atoms with van der Waals surface area (Å²) in [5, 5.41) is 19.5. The second-order valence-corrected chi connectivity index (χ2v) is 6.70. The van der Waals surface area contributed by atoms with Crippen LogP contribution in [0.1, 0.15) is 26.2 Å². The maximum absolute atomic E-state index is 12.7. The van der Waals surface area contributed by atoms with Crippen molar-refractivity contribution in [2.45, 2.75) is 31.8 Å². The maximum atomic E-state index is 12.7. The molecule has 2 fully saturated rings. The van der Waals surface area contributed by atoms with Crippen LogP contribution in [-0.4, -0.2) is 45.7 Å². The Morgan fingerprint density at radius 3 is 2.50 bits per heavy atom. The van der Waals surface area contributed by atoms with Gasteiger partial charge in [-0.15, -0.1) is 0 Å². The number of carbonyl (C=O) groups is 2. The number of allylic oxidation sites excluding steroid dienone is 2. The average Bonchev–Trinajstić information content (AvgIpc) is 2.96. The van der Waals surface area contributed by atoms with Gasteiger partial charge in [-0.3, -0.25) is 9.59 Å². The fraction of sp³-hybridized carbons (Fsp3) is 0.733. The van der Waals surface area contributed by atoms with Crippen LogP contribution in [-0.2, 0) is 9.59 Å². The Morgan fingerprint density at radius 1 is 1.25 bits per heavy atom. The van der Waals surface area contributed by atoms with Crippen LogP contribution >= 0.6 is 0 Å². The maximum Gasteiger partial charge on any atom is 0.307 e. The zero-order chi connectivity index (χ0) is 14.5. The molecule has 2 aliphatic carbocycles. The molecule has 1 heterocycles. The summed E-state index contributed by atoms with van der Waals surface area (Å²) in [5.74, 6) is -1.95. The summed E-state index contributed by atoms with van der Waals surface area (Å²) in [5.41, 5.74) is -0.847. The molecular weight excluding hydrogens is 258 g/mol. The van der Waals surface area contributed by atoms with Crippen LogP contribution in [0.15, 0.2) is 12.2 Å². The predicted octanol–water partition coefficient (Wildman–Crippen LogP) is 0.883. The topological polar surface area (TPSA) is 77.8 Å². The van der Waals surface area contributed by atoms with Crippen molar-refractivity contribution in [3.8, 4) is 0 Å². The average molecular weight is 279 g/mol. The van der Waals surface area contributed by atoms with E-state index < -0.39 is 23.4 Å². The number of piperidine rings is 1. The molecule has 0 radical (unpaired) electrons. The van der Waals surface area contributed by atoms with E-state index in [1.807, 2.05) is 12.2 Å². The number of rotatable bonds is 2. The number of amides is 1. The molecule has 3 unspecified atom stereocenters. The first-order valence-electron chi connectivity index (χ1n) is 7.31. The number of hydrogen-bond acceptors (Lipinski definition) is 3. The molecule has 5 heteroatoms. The highest BCUT2D eigenvalue weighted by Crippen LogP contribution is 2.49. The third kappa shape index (κ3) is 2.14. The summed E-state index contributed by atoms with van der Waals surface area (Å²) < 4.78 is 0. The molecule has 0 spiro atoms. The zero-order valence-corrected chi connectivity index (χ0v) is 11.7. The molecule has 110 valence electrons. The Labute approximate surface area is 118 Å². The van der Waals surface area contributed by atoms with Gasteiger partial charge in [0.15, 0.2) is 0 Å². The van der Waals surface area contributed by atoms with Gasteiger partial charge in [0.1, 0.15) is 0 Å². The van der Waals surface area contributed by atoms with Crippen molar-refractivity contribution in [3.63, 3.8) is 0 Å². The normalized spacial score (nSPS) is 43.0. The lowest BCUT2D eigenvalue weighted by molar-refractivity contribution is -0.153. The van der Waals surface area contributed by atoms with Crippen LogP contribution in [0.4, 0.5) is 0 Å². The molecule has 1 saturated carbocycles. The molecule has 1 amide bonds. The lowest BCUT2D eigenvalue weighted by atomic mass is 9.81. The van der Waals surface area contributed by atoms with Crippen LogP contribution in [0.5, 0.6) is 0 Å². The van der Waals surface area contributed by atoms with Crippen molar-refractivity contribution in [2.24, 2.45) is 23.7 Å². The number of fused-ring (bicyclic) bond motifs is 2. The Hall–Kier alpha value is -1.36. The number of aliphatic hydroxyl groups is 1. The Balaban J connectivity index is 1.79. The summed E-state index contributed by atoms with van der Waals surface area (Å²) in [6.07, 6.45) is 6.18. The smallest absolute Gasteiger partial charge is 0.307 e. The first-order chi connectivity index (χ1) is 9.39. The van der Waals surface area contributed by atoms with Gasteiger partial charge in [0, 0.05) is 13.1 Å². The van der Waals surface area contributed by atoms with Crippen molar-refractivity contribution < 1.29 is 19.8 Å². The van der Waals surface area contributed by atoms with E-state index in [4.69, 9.17) is 0 Å². The Kier molecular flexibility index (Phi) is 3.12. The lowest BCUT2D eigenvalue weighted by Gasteiger charge is -2.39. The van der Waals surface area contributed by atoms with Gasteiger partial charge >= 0.3 is 5.97 Å². The highest BCUT2D eigenvalue weighted by molar-refractivity contribution is 5.87. The van der Waals surface area contributed by atoms with E-state index in [2.05, 4.69) is 0 Å². The number of nitrogens with zero attached hydrogens (tertiary/aromatic N) is 1. The summed E-state index contributed by atoms with van der Waals surface area (Å²) in [4.78, 5) is 25.8. The van der Waals surface area contributed by atoms with Crippen LogP contribution < -0.4 is 0 Å².